The van der Waals surface area contributed by atoms with Gasteiger partial charge in [0.05, 0.1) is 10.6 Å². The van der Waals surface area contributed by atoms with Crippen LogP contribution in [0.4, 0.5) is 11.4 Å². The molecule has 0 bridgehead atoms. The van der Waals surface area contributed by atoms with Crippen LogP contribution in [0.5, 0.6) is 0 Å². The van der Waals surface area contributed by atoms with Crippen LogP contribution in [0.15, 0.2) is 23.1 Å². The Bertz CT molecular complexity index is 609. The predicted molar refractivity (Wildman–Crippen MR) is 75.3 cm³/mol. The molecule has 8 heteroatoms. The van der Waals surface area contributed by atoms with Gasteiger partial charge in [-0.1, -0.05) is 0 Å². The van der Waals surface area contributed by atoms with Gasteiger partial charge in [-0.2, -0.15) is 4.31 Å². The zero-order valence-electron chi connectivity index (χ0n) is 11.2. The highest BCUT2D eigenvalue weighted by molar-refractivity contribution is 7.89. The van der Waals surface area contributed by atoms with Crippen LogP contribution in [0.3, 0.4) is 0 Å². The molecule has 0 aromatic heterocycles. The molecule has 0 unspecified atom stereocenters. The summed E-state index contributed by atoms with van der Waals surface area (Å²) in [4.78, 5) is 10.2. The van der Waals surface area contributed by atoms with Crippen LogP contribution in [0.25, 0.3) is 0 Å². The molecule has 2 rings (SSSR count). The molecular weight excluding hydrogens is 282 g/mol. The molecule has 1 heterocycles. The maximum Gasteiger partial charge on any atom is 0.270 e. The van der Waals surface area contributed by atoms with Crippen LogP contribution in [-0.2, 0) is 10.0 Å². The largest absolute Gasteiger partial charge is 0.384 e. The van der Waals surface area contributed by atoms with Crippen molar-refractivity contribution in [2.75, 3.05) is 25.0 Å². The minimum absolute atomic E-state index is 0.0181. The zero-order chi connectivity index (χ0) is 14.8. The van der Waals surface area contributed by atoms with E-state index in [1.807, 2.05) is 6.92 Å². The number of sulfonamides is 1. The molecule has 0 radical (unpaired) electrons. The van der Waals surface area contributed by atoms with Gasteiger partial charge in [0.2, 0.25) is 10.0 Å². The van der Waals surface area contributed by atoms with Crippen LogP contribution in [0.1, 0.15) is 19.8 Å². The van der Waals surface area contributed by atoms with Gasteiger partial charge in [-0.15, -0.1) is 0 Å². The van der Waals surface area contributed by atoms with Crippen LogP contribution in [0.2, 0.25) is 0 Å². The number of nitro benzene ring substituents is 1. The number of non-ortho nitro benzene ring substituents is 1. The second-order valence-corrected chi connectivity index (χ2v) is 6.49. The SMILES string of the molecule is CCNc1ccc([N+](=O)[O-])cc1S(=O)(=O)N1CCCC1. The molecule has 0 spiro atoms. The first-order valence-electron chi connectivity index (χ1n) is 6.49. The molecule has 1 saturated heterocycles. The number of nitro groups is 1. The summed E-state index contributed by atoms with van der Waals surface area (Å²) in [6.45, 7) is 3.32. The third-order valence-corrected chi connectivity index (χ3v) is 5.16. The molecule has 1 aromatic carbocycles. The van der Waals surface area contributed by atoms with E-state index in [-0.39, 0.29) is 10.6 Å². The van der Waals surface area contributed by atoms with Crippen LogP contribution < -0.4 is 5.32 Å². The lowest BCUT2D eigenvalue weighted by atomic mass is 10.3. The molecule has 1 aromatic rings. The molecule has 0 atom stereocenters. The molecule has 110 valence electrons. The Labute approximate surface area is 117 Å². The fourth-order valence-electron chi connectivity index (χ4n) is 2.24. The first-order valence-corrected chi connectivity index (χ1v) is 7.93. The van der Waals surface area contributed by atoms with Crippen molar-refractivity contribution in [3.63, 3.8) is 0 Å². The average molecular weight is 299 g/mol. The second kappa shape index (κ2) is 5.76. The molecule has 20 heavy (non-hydrogen) atoms. The molecule has 7 nitrogen and oxygen atoms in total. The fraction of sp³-hybridized carbons (Fsp3) is 0.500. The lowest BCUT2D eigenvalue weighted by molar-refractivity contribution is -0.385. The molecule has 1 N–H and O–H groups in total. The van der Waals surface area contributed by atoms with Gasteiger partial charge in [0, 0.05) is 31.8 Å². The van der Waals surface area contributed by atoms with Crippen LogP contribution >= 0.6 is 0 Å². The quantitative estimate of drug-likeness (QED) is 0.661. The van der Waals surface area contributed by atoms with Crippen molar-refractivity contribution >= 4 is 21.4 Å². The molecular formula is C12H17N3O4S. The fourth-order valence-corrected chi connectivity index (χ4v) is 3.95. The Morgan fingerprint density at radius 3 is 2.55 bits per heavy atom. The standard InChI is InChI=1S/C12H17N3O4S/c1-2-13-11-6-5-10(15(16)17)9-12(11)20(18,19)14-7-3-4-8-14/h5-6,9,13H,2-4,7-8H2,1H3. The number of nitrogens with zero attached hydrogens (tertiary/aromatic N) is 2. The second-order valence-electron chi connectivity index (χ2n) is 4.58. The number of anilines is 1. The maximum absolute atomic E-state index is 12.6. The van der Waals surface area contributed by atoms with E-state index in [1.54, 1.807) is 0 Å². The highest BCUT2D eigenvalue weighted by Crippen LogP contribution is 2.30. The van der Waals surface area contributed by atoms with E-state index in [0.717, 1.165) is 18.9 Å². The smallest absolute Gasteiger partial charge is 0.270 e. The third kappa shape index (κ3) is 2.75. The van der Waals surface area contributed by atoms with E-state index in [9.17, 15) is 18.5 Å². The molecule has 1 aliphatic heterocycles. The molecule has 0 saturated carbocycles. The Morgan fingerprint density at radius 2 is 2.00 bits per heavy atom. The van der Waals surface area contributed by atoms with E-state index in [0.29, 0.717) is 25.3 Å². The minimum atomic E-state index is -3.68. The highest BCUT2D eigenvalue weighted by Gasteiger charge is 2.30. The van der Waals surface area contributed by atoms with Crippen molar-refractivity contribution in [2.45, 2.75) is 24.7 Å². The minimum Gasteiger partial charge on any atom is -0.384 e. The normalized spacial score (nSPS) is 16.2. The van der Waals surface area contributed by atoms with E-state index >= 15 is 0 Å². The molecule has 1 fully saturated rings. The number of hydrogen-bond donors (Lipinski definition) is 1. The van der Waals surface area contributed by atoms with E-state index in [2.05, 4.69) is 5.32 Å². The summed E-state index contributed by atoms with van der Waals surface area (Å²) in [6.07, 6.45) is 1.65. The summed E-state index contributed by atoms with van der Waals surface area (Å²) in [6, 6.07) is 3.89. The van der Waals surface area contributed by atoms with Crippen molar-refractivity contribution < 1.29 is 13.3 Å². The highest BCUT2D eigenvalue weighted by atomic mass is 32.2. The topological polar surface area (TPSA) is 92.5 Å². The average Bonchev–Trinajstić information content (AvgIpc) is 2.93. The van der Waals surface area contributed by atoms with Crippen molar-refractivity contribution in [2.24, 2.45) is 0 Å². The van der Waals surface area contributed by atoms with E-state index in [1.165, 1.54) is 16.4 Å². The van der Waals surface area contributed by atoms with Crippen LogP contribution in [0, 0.1) is 10.1 Å². The van der Waals surface area contributed by atoms with Gasteiger partial charge < -0.3 is 5.32 Å². The number of rotatable bonds is 5. The Hall–Kier alpha value is -1.67. The van der Waals surface area contributed by atoms with Gasteiger partial charge in [-0.25, -0.2) is 8.42 Å². The summed E-state index contributed by atoms with van der Waals surface area (Å²) in [5, 5.41) is 13.8. The van der Waals surface area contributed by atoms with Gasteiger partial charge in [0.25, 0.3) is 5.69 Å². The third-order valence-electron chi connectivity index (χ3n) is 3.23. The summed E-state index contributed by atoms with van der Waals surface area (Å²) >= 11 is 0. The Kier molecular flexibility index (Phi) is 4.24. The van der Waals surface area contributed by atoms with E-state index < -0.39 is 14.9 Å². The van der Waals surface area contributed by atoms with Gasteiger partial charge >= 0.3 is 0 Å². The molecule has 0 amide bonds. The van der Waals surface area contributed by atoms with Gasteiger partial charge in [-0.05, 0) is 25.8 Å². The summed E-state index contributed by atoms with van der Waals surface area (Å²) < 4.78 is 26.5. The number of hydrogen-bond acceptors (Lipinski definition) is 5. The van der Waals surface area contributed by atoms with Crippen molar-refractivity contribution in [3.8, 4) is 0 Å². The van der Waals surface area contributed by atoms with Crippen molar-refractivity contribution in [1.82, 2.24) is 4.31 Å². The Balaban J connectivity index is 2.51. The summed E-state index contributed by atoms with van der Waals surface area (Å²) in [5.74, 6) is 0. The van der Waals surface area contributed by atoms with Crippen LogP contribution in [-0.4, -0.2) is 37.3 Å². The van der Waals surface area contributed by atoms with Gasteiger partial charge in [0.15, 0.2) is 0 Å². The predicted octanol–water partition coefficient (Wildman–Crippen LogP) is 1.81. The number of benzene rings is 1. The van der Waals surface area contributed by atoms with Crippen molar-refractivity contribution in [3.05, 3.63) is 28.3 Å². The van der Waals surface area contributed by atoms with E-state index in [4.69, 9.17) is 0 Å². The Morgan fingerprint density at radius 1 is 1.35 bits per heavy atom. The molecule has 1 aliphatic rings. The lowest BCUT2D eigenvalue weighted by Gasteiger charge is -2.18. The number of nitrogens with one attached hydrogen (secondary N) is 1. The molecule has 0 aliphatic carbocycles. The monoisotopic (exact) mass is 299 g/mol. The van der Waals surface area contributed by atoms with Crippen molar-refractivity contribution in [1.29, 1.82) is 0 Å². The maximum atomic E-state index is 12.6. The first-order chi connectivity index (χ1) is 9.46. The first kappa shape index (κ1) is 14.7. The summed E-state index contributed by atoms with van der Waals surface area (Å²) in [7, 11) is -3.68. The summed E-state index contributed by atoms with van der Waals surface area (Å²) in [5.41, 5.74) is 0.189. The van der Waals surface area contributed by atoms with Gasteiger partial charge in [-0.3, -0.25) is 10.1 Å². The zero-order valence-corrected chi connectivity index (χ0v) is 12.0. The van der Waals surface area contributed by atoms with Gasteiger partial charge in [0.1, 0.15) is 4.90 Å². The lowest BCUT2D eigenvalue weighted by Crippen LogP contribution is -2.28.